The smallest absolute Gasteiger partial charge is 0.115 e. The standard InChI is InChI=1S/C20H21N3O/c24-19-7-5-18(6-8-19)20(9-11-21-12-10-20)17-3-1-15(2-4-17)16-13-22-23-14-16/h1-8,13-14,21,24H,9-12H2,(H,22,23). The maximum absolute atomic E-state index is 9.63. The third-order valence-electron chi connectivity index (χ3n) is 5.15. The van der Waals surface area contributed by atoms with Gasteiger partial charge in [-0.3, -0.25) is 5.10 Å². The van der Waals surface area contributed by atoms with E-state index in [2.05, 4.69) is 51.9 Å². The molecule has 3 aromatic rings. The Kier molecular flexibility index (Phi) is 3.82. The van der Waals surface area contributed by atoms with Gasteiger partial charge in [0.2, 0.25) is 0 Å². The minimum absolute atomic E-state index is 0.00781. The van der Waals surface area contributed by atoms with Crippen LogP contribution in [0, 0.1) is 0 Å². The van der Waals surface area contributed by atoms with Gasteiger partial charge in [0.05, 0.1) is 6.20 Å². The number of nitrogens with one attached hydrogen (secondary N) is 2. The lowest BCUT2D eigenvalue weighted by molar-refractivity contribution is 0.361. The van der Waals surface area contributed by atoms with Crippen molar-refractivity contribution in [2.45, 2.75) is 18.3 Å². The average Bonchev–Trinajstić information content (AvgIpc) is 3.18. The predicted molar refractivity (Wildman–Crippen MR) is 95.0 cm³/mol. The molecule has 122 valence electrons. The molecule has 4 nitrogen and oxygen atoms in total. The Morgan fingerprint density at radius 1 is 0.833 bits per heavy atom. The van der Waals surface area contributed by atoms with Crippen molar-refractivity contribution < 1.29 is 5.11 Å². The Bertz CT molecular complexity index is 786. The summed E-state index contributed by atoms with van der Waals surface area (Å²) < 4.78 is 0. The molecular weight excluding hydrogens is 298 g/mol. The SMILES string of the molecule is Oc1ccc(C2(c3ccc(-c4cn[nH]c4)cc3)CCNCC2)cc1. The van der Waals surface area contributed by atoms with E-state index in [0.29, 0.717) is 5.75 Å². The number of aromatic amines is 1. The van der Waals surface area contributed by atoms with Crippen LogP contribution in [0.4, 0.5) is 0 Å². The Morgan fingerprint density at radius 3 is 2.04 bits per heavy atom. The molecule has 1 aromatic heterocycles. The monoisotopic (exact) mass is 319 g/mol. The number of H-pyrrole nitrogens is 1. The summed E-state index contributed by atoms with van der Waals surface area (Å²) in [6.45, 7) is 2.01. The second-order valence-corrected chi connectivity index (χ2v) is 6.44. The normalized spacial score (nSPS) is 16.8. The van der Waals surface area contributed by atoms with Gasteiger partial charge in [0.25, 0.3) is 0 Å². The topological polar surface area (TPSA) is 60.9 Å². The number of aromatic nitrogens is 2. The zero-order valence-electron chi connectivity index (χ0n) is 13.5. The number of rotatable bonds is 3. The largest absolute Gasteiger partial charge is 0.508 e. The van der Waals surface area contributed by atoms with Crippen LogP contribution in [-0.2, 0) is 5.41 Å². The van der Waals surface area contributed by atoms with Crippen LogP contribution in [0.1, 0.15) is 24.0 Å². The summed E-state index contributed by atoms with van der Waals surface area (Å²) in [4.78, 5) is 0. The van der Waals surface area contributed by atoms with E-state index in [1.165, 1.54) is 16.7 Å². The van der Waals surface area contributed by atoms with Gasteiger partial charge < -0.3 is 10.4 Å². The van der Waals surface area contributed by atoms with Crippen molar-refractivity contribution in [3.8, 4) is 16.9 Å². The van der Waals surface area contributed by atoms with E-state index in [0.717, 1.165) is 31.5 Å². The highest BCUT2D eigenvalue weighted by Gasteiger charge is 2.35. The molecule has 2 heterocycles. The number of benzene rings is 2. The molecule has 3 N–H and O–H groups in total. The van der Waals surface area contributed by atoms with E-state index < -0.39 is 0 Å². The van der Waals surface area contributed by atoms with E-state index in [-0.39, 0.29) is 5.41 Å². The molecule has 1 aliphatic rings. The van der Waals surface area contributed by atoms with Crippen molar-refractivity contribution in [1.82, 2.24) is 15.5 Å². The molecule has 0 atom stereocenters. The Morgan fingerprint density at radius 2 is 1.46 bits per heavy atom. The van der Waals surface area contributed by atoms with E-state index >= 15 is 0 Å². The van der Waals surface area contributed by atoms with Crippen LogP contribution in [0.5, 0.6) is 5.75 Å². The van der Waals surface area contributed by atoms with Crippen molar-refractivity contribution >= 4 is 0 Å². The first-order valence-corrected chi connectivity index (χ1v) is 8.38. The van der Waals surface area contributed by atoms with Crippen LogP contribution in [-0.4, -0.2) is 28.4 Å². The molecule has 1 fully saturated rings. The van der Waals surface area contributed by atoms with Crippen molar-refractivity contribution in [1.29, 1.82) is 0 Å². The Balaban J connectivity index is 1.75. The third kappa shape index (κ3) is 2.59. The van der Waals surface area contributed by atoms with Gasteiger partial charge in [0.15, 0.2) is 0 Å². The molecule has 4 heteroatoms. The van der Waals surface area contributed by atoms with Crippen LogP contribution < -0.4 is 5.32 Å². The fourth-order valence-electron chi connectivity index (χ4n) is 3.77. The molecule has 0 amide bonds. The maximum atomic E-state index is 9.63. The number of phenols is 1. The summed E-state index contributed by atoms with van der Waals surface area (Å²) in [6, 6.07) is 16.5. The first-order chi connectivity index (χ1) is 11.8. The van der Waals surface area contributed by atoms with Crippen molar-refractivity contribution in [3.63, 3.8) is 0 Å². The van der Waals surface area contributed by atoms with Gasteiger partial charge in [-0.1, -0.05) is 36.4 Å². The van der Waals surface area contributed by atoms with Crippen LogP contribution >= 0.6 is 0 Å². The molecular formula is C20H21N3O. The maximum Gasteiger partial charge on any atom is 0.115 e. The van der Waals surface area contributed by atoms with E-state index in [9.17, 15) is 5.11 Å². The molecule has 0 unspecified atom stereocenters. The lowest BCUT2D eigenvalue weighted by Gasteiger charge is -2.39. The zero-order chi connectivity index (χ0) is 16.4. The van der Waals surface area contributed by atoms with Crippen molar-refractivity contribution in [3.05, 3.63) is 72.1 Å². The molecule has 4 rings (SSSR count). The summed E-state index contributed by atoms with van der Waals surface area (Å²) in [5.74, 6) is 0.318. The highest BCUT2D eigenvalue weighted by Crippen LogP contribution is 2.41. The number of nitrogens with zero attached hydrogens (tertiary/aromatic N) is 1. The van der Waals surface area contributed by atoms with Gasteiger partial charge in [-0.15, -0.1) is 0 Å². The molecule has 1 aliphatic heterocycles. The molecule has 0 spiro atoms. The van der Waals surface area contributed by atoms with Crippen LogP contribution in [0.25, 0.3) is 11.1 Å². The number of hydrogen-bond donors (Lipinski definition) is 3. The van der Waals surface area contributed by atoms with Gasteiger partial charge in [-0.05, 0) is 54.8 Å². The van der Waals surface area contributed by atoms with Crippen LogP contribution in [0.2, 0.25) is 0 Å². The molecule has 1 saturated heterocycles. The Hall–Kier alpha value is -2.59. The second kappa shape index (κ2) is 6.13. The predicted octanol–water partition coefficient (Wildman–Crippen LogP) is 3.45. The summed E-state index contributed by atoms with van der Waals surface area (Å²) >= 11 is 0. The average molecular weight is 319 g/mol. The van der Waals surface area contributed by atoms with Crippen molar-refractivity contribution in [2.24, 2.45) is 0 Å². The van der Waals surface area contributed by atoms with Crippen LogP contribution in [0.3, 0.4) is 0 Å². The zero-order valence-corrected chi connectivity index (χ0v) is 13.5. The number of hydrogen-bond acceptors (Lipinski definition) is 3. The molecule has 0 bridgehead atoms. The van der Waals surface area contributed by atoms with E-state index in [1.807, 2.05) is 12.4 Å². The number of aromatic hydroxyl groups is 1. The first-order valence-electron chi connectivity index (χ1n) is 8.38. The minimum atomic E-state index is 0.00781. The number of phenolic OH excluding ortho intramolecular Hbond substituents is 1. The number of piperidine rings is 1. The van der Waals surface area contributed by atoms with Gasteiger partial charge in [0.1, 0.15) is 5.75 Å². The summed E-state index contributed by atoms with van der Waals surface area (Å²) in [5, 5.41) is 20.0. The minimum Gasteiger partial charge on any atom is -0.508 e. The summed E-state index contributed by atoms with van der Waals surface area (Å²) in [7, 11) is 0. The highest BCUT2D eigenvalue weighted by molar-refractivity contribution is 5.62. The molecule has 0 saturated carbocycles. The molecule has 2 aromatic carbocycles. The lowest BCUT2D eigenvalue weighted by Crippen LogP contribution is -2.40. The first kappa shape index (κ1) is 15.0. The molecule has 24 heavy (non-hydrogen) atoms. The van der Waals surface area contributed by atoms with Crippen LogP contribution in [0.15, 0.2) is 60.9 Å². The summed E-state index contributed by atoms with van der Waals surface area (Å²) in [5.41, 5.74) is 4.89. The van der Waals surface area contributed by atoms with Crippen molar-refractivity contribution in [2.75, 3.05) is 13.1 Å². The van der Waals surface area contributed by atoms with Gasteiger partial charge >= 0.3 is 0 Å². The second-order valence-electron chi connectivity index (χ2n) is 6.44. The third-order valence-corrected chi connectivity index (χ3v) is 5.15. The fourth-order valence-corrected chi connectivity index (χ4v) is 3.77. The quantitative estimate of drug-likeness (QED) is 0.693. The van der Waals surface area contributed by atoms with E-state index in [1.54, 1.807) is 12.1 Å². The molecule has 0 aliphatic carbocycles. The van der Waals surface area contributed by atoms with Gasteiger partial charge in [-0.2, -0.15) is 5.10 Å². The van der Waals surface area contributed by atoms with Gasteiger partial charge in [0, 0.05) is 17.2 Å². The molecule has 0 radical (unpaired) electrons. The lowest BCUT2D eigenvalue weighted by atomic mass is 9.68. The highest BCUT2D eigenvalue weighted by atomic mass is 16.3. The van der Waals surface area contributed by atoms with E-state index in [4.69, 9.17) is 0 Å². The summed E-state index contributed by atoms with van der Waals surface area (Å²) in [6.07, 6.45) is 5.87. The fraction of sp³-hybridized carbons (Fsp3) is 0.250. The van der Waals surface area contributed by atoms with Gasteiger partial charge in [-0.25, -0.2) is 0 Å². The Labute approximate surface area is 141 Å².